The fraction of sp³-hybridized carbons (Fsp3) is 0.444. The smallest absolute Gasteiger partial charge is 0.304 e. The topological polar surface area (TPSA) is 121 Å². The summed E-state index contributed by atoms with van der Waals surface area (Å²) in [6.45, 7) is 0.234. The Kier molecular flexibility index (Phi) is 2.88. The number of carbonyl (C=O) groups excluding carboxylic acids is 1. The first kappa shape index (κ1) is 11.6. The lowest BCUT2D eigenvalue weighted by atomic mass is 10.1. The lowest BCUT2D eigenvalue weighted by Gasteiger charge is -2.12. The van der Waals surface area contributed by atoms with Crippen molar-refractivity contribution in [3.63, 3.8) is 0 Å². The van der Waals surface area contributed by atoms with Crippen molar-refractivity contribution in [3.8, 4) is 0 Å². The fourth-order valence-corrected chi connectivity index (χ4v) is 2.15. The van der Waals surface area contributed by atoms with E-state index in [2.05, 4.69) is 15.5 Å². The number of amidine groups is 1. The summed E-state index contributed by atoms with van der Waals surface area (Å²) >= 11 is 1.04. The molecule has 1 aliphatic rings. The molecule has 1 aromatic rings. The third-order valence-corrected chi connectivity index (χ3v) is 3.51. The van der Waals surface area contributed by atoms with Gasteiger partial charge in [0.05, 0.1) is 6.54 Å². The molecule has 17 heavy (non-hydrogen) atoms. The Morgan fingerprint density at radius 3 is 2.88 bits per heavy atom. The van der Waals surface area contributed by atoms with Crippen molar-refractivity contribution >= 4 is 23.1 Å². The maximum atomic E-state index is 11.8. The maximum Gasteiger partial charge on any atom is 0.304 e. The lowest BCUT2D eigenvalue weighted by Crippen LogP contribution is -2.40. The second-order valence-corrected chi connectivity index (χ2v) is 4.77. The monoisotopic (exact) mass is 256 g/mol. The average molecular weight is 256 g/mol. The molecule has 1 saturated carbocycles. The van der Waals surface area contributed by atoms with Gasteiger partial charge in [-0.2, -0.15) is 0 Å². The van der Waals surface area contributed by atoms with Crippen molar-refractivity contribution in [1.82, 2.24) is 10.3 Å². The van der Waals surface area contributed by atoms with Gasteiger partial charge < -0.3 is 21.2 Å². The summed E-state index contributed by atoms with van der Waals surface area (Å²) in [5.41, 5.74) is 5.26. The second-order valence-electron chi connectivity index (χ2n) is 3.92. The minimum Gasteiger partial charge on any atom is -0.409 e. The summed E-state index contributed by atoms with van der Waals surface area (Å²) in [4.78, 5) is 25.1. The largest absolute Gasteiger partial charge is 0.409 e. The molecule has 0 bridgehead atoms. The van der Waals surface area contributed by atoms with Gasteiger partial charge in [0.25, 0.3) is 0 Å². The van der Waals surface area contributed by atoms with E-state index in [0.717, 1.165) is 11.3 Å². The first-order chi connectivity index (χ1) is 8.08. The van der Waals surface area contributed by atoms with Crippen LogP contribution in [0.5, 0.6) is 0 Å². The number of aromatic amines is 1. The molecular weight excluding hydrogens is 244 g/mol. The summed E-state index contributed by atoms with van der Waals surface area (Å²) in [5.74, 6) is -0.339. The number of nitrogens with zero attached hydrogens (tertiary/aromatic N) is 1. The number of rotatable bonds is 4. The molecule has 7 nitrogen and oxygen atoms in total. The molecule has 0 saturated heterocycles. The van der Waals surface area contributed by atoms with Gasteiger partial charge in [0.15, 0.2) is 5.84 Å². The minimum atomic E-state index is -0.856. The molecule has 1 aromatic heterocycles. The number of hydrogen-bond donors (Lipinski definition) is 4. The third-order valence-electron chi connectivity index (χ3n) is 2.79. The van der Waals surface area contributed by atoms with Crippen LogP contribution >= 0.6 is 11.3 Å². The van der Waals surface area contributed by atoms with Crippen LogP contribution in [0.15, 0.2) is 15.3 Å². The predicted molar refractivity (Wildman–Crippen MR) is 61.9 cm³/mol. The zero-order chi connectivity index (χ0) is 12.5. The minimum absolute atomic E-state index is 0.0613. The molecule has 8 heteroatoms. The summed E-state index contributed by atoms with van der Waals surface area (Å²) in [6.07, 6.45) is 1.16. The number of nitrogens with one attached hydrogen (secondary N) is 2. The van der Waals surface area contributed by atoms with Gasteiger partial charge in [-0.05, 0) is 12.8 Å². The van der Waals surface area contributed by atoms with E-state index in [1.165, 1.54) is 0 Å². The van der Waals surface area contributed by atoms with Crippen LogP contribution in [0.2, 0.25) is 0 Å². The molecule has 2 rings (SSSR count). The lowest BCUT2D eigenvalue weighted by molar-refractivity contribution is -0.124. The van der Waals surface area contributed by atoms with E-state index in [9.17, 15) is 9.59 Å². The number of thiazole rings is 1. The predicted octanol–water partition coefficient (Wildman–Crippen LogP) is -0.421. The van der Waals surface area contributed by atoms with Gasteiger partial charge in [-0.3, -0.25) is 9.59 Å². The number of carbonyl (C=O) groups is 1. The molecule has 0 spiro atoms. The molecule has 0 atom stereocenters. The van der Waals surface area contributed by atoms with Crippen molar-refractivity contribution in [2.75, 3.05) is 0 Å². The highest BCUT2D eigenvalue weighted by Crippen LogP contribution is 2.46. The number of nitrogens with two attached hydrogens (primary N) is 1. The van der Waals surface area contributed by atoms with E-state index < -0.39 is 5.41 Å². The highest BCUT2D eigenvalue weighted by atomic mass is 32.1. The van der Waals surface area contributed by atoms with Crippen LogP contribution in [0.1, 0.15) is 18.5 Å². The molecule has 1 aliphatic carbocycles. The third kappa shape index (κ3) is 2.16. The quantitative estimate of drug-likeness (QED) is 0.253. The summed E-state index contributed by atoms with van der Waals surface area (Å²) in [7, 11) is 0. The van der Waals surface area contributed by atoms with Gasteiger partial charge in [0.2, 0.25) is 5.91 Å². The number of hydrogen-bond acceptors (Lipinski definition) is 5. The molecule has 1 amide bonds. The average Bonchev–Trinajstić information content (AvgIpc) is 3.04. The molecule has 1 fully saturated rings. The number of aromatic nitrogens is 1. The zero-order valence-electron chi connectivity index (χ0n) is 8.90. The van der Waals surface area contributed by atoms with Crippen molar-refractivity contribution in [2.45, 2.75) is 19.4 Å². The van der Waals surface area contributed by atoms with Gasteiger partial charge in [-0.1, -0.05) is 16.5 Å². The van der Waals surface area contributed by atoms with Gasteiger partial charge >= 0.3 is 4.87 Å². The molecular formula is C9H12N4O3S. The van der Waals surface area contributed by atoms with Crippen LogP contribution in [0, 0.1) is 5.41 Å². The summed E-state index contributed by atoms with van der Waals surface area (Å²) in [6, 6.07) is 0. The van der Waals surface area contributed by atoms with E-state index in [1.807, 2.05) is 0 Å². The number of H-pyrrole nitrogens is 1. The molecule has 1 heterocycles. The summed E-state index contributed by atoms with van der Waals surface area (Å²) in [5, 5.41) is 15.8. The Morgan fingerprint density at radius 2 is 2.41 bits per heavy atom. The van der Waals surface area contributed by atoms with E-state index in [-0.39, 0.29) is 23.2 Å². The van der Waals surface area contributed by atoms with Crippen molar-refractivity contribution < 1.29 is 10.0 Å². The molecule has 0 unspecified atom stereocenters. The first-order valence-corrected chi connectivity index (χ1v) is 5.89. The first-order valence-electron chi connectivity index (χ1n) is 5.01. The Bertz CT molecular complexity index is 514. The Morgan fingerprint density at radius 1 is 1.71 bits per heavy atom. The Balaban J connectivity index is 1.97. The van der Waals surface area contributed by atoms with E-state index >= 15 is 0 Å². The SMILES string of the molecule is NC(=NO)C1(C(=O)NCc2csc(=O)[nH]2)CC1. The van der Waals surface area contributed by atoms with Crippen molar-refractivity contribution in [2.24, 2.45) is 16.3 Å². The molecule has 92 valence electrons. The van der Waals surface area contributed by atoms with Crippen LogP contribution in [-0.4, -0.2) is 21.9 Å². The van der Waals surface area contributed by atoms with Crippen LogP contribution in [0.4, 0.5) is 0 Å². The molecule has 0 radical (unpaired) electrons. The molecule has 0 aliphatic heterocycles. The Hall–Kier alpha value is -1.83. The standard InChI is InChI=1S/C9H12N4O3S/c10-6(13-16)9(1-2-9)7(14)11-3-5-4-17-8(15)12-5/h4,16H,1-3H2,(H2,10,13)(H,11,14)(H,12,15). The number of amides is 1. The number of oxime groups is 1. The van der Waals surface area contributed by atoms with E-state index in [4.69, 9.17) is 10.9 Å². The van der Waals surface area contributed by atoms with Crippen LogP contribution in [-0.2, 0) is 11.3 Å². The van der Waals surface area contributed by atoms with E-state index in [0.29, 0.717) is 18.5 Å². The zero-order valence-corrected chi connectivity index (χ0v) is 9.71. The van der Waals surface area contributed by atoms with Gasteiger partial charge in [-0.25, -0.2) is 0 Å². The second kappa shape index (κ2) is 4.21. The van der Waals surface area contributed by atoms with Gasteiger partial charge in [0, 0.05) is 11.1 Å². The van der Waals surface area contributed by atoms with Crippen molar-refractivity contribution in [3.05, 3.63) is 20.7 Å². The van der Waals surface area contributed by atoms with Crippen LogP contribution in [0.3, 0.4) is 0 Å². The van der Waals surface area contributed by atoms with Gasteiger partial charge in [-0.15, -0.1) is 0 Å². The normalized spacial score (nSPS) is 17.8. The van der Waals surface area contributed by atoms with Gasteiger partial charge in [0.1, 0.15) is 5.41 Å². The molecule has 5 N–H and O–H groups in total. The van der Waals surface area contributed by atoms with Crippen LogP contribution in [0.25, 0.3) is 0 Å². The fourth-order valence-electron chi connectivity index (χ4n) is 1.57. The molecule has 0 aromatic carbocycles. The highest BCUT2D eigenvalue weighted by Gasteiger charge is 2.54. The Labute approximate surface area is 100 Å². The maximum absolute atomic E-state index is 11.8. The van der Waals surface area contributed by atoms with E-state index in [1.54, 1.807) is 5.38 Å². The van der Waals surface area contributed by atoms with Crippen molar-refractivity contribution in [1.29, 1.82) is 0 Å². The summed E-state index contributed by atoms with van der Waals surface area (Å²) < 4.78 is 0. The van der Waals surface area contributed by atoms with Crippen LogP contribution < -0.4 is 15.9 Å². The highest BCUT2D eigenvalue weighted by molar-refractivity contribution is 7.07.